The van der Waals surface area contributed by atoms with E-state index in [9.17, 15) is 4.79 Å². The number of benzene rings is 2. The summed E-state index contributed by atoms with van der Waals surface area (Å²) in [5.74, 6) is 0.339. The van der Waals surface area contributed by atoms with E-state index in [1.165, 1.54) is 5.01 Å². The van der Waals surface area contributed by atoms with Crippen molar-refractivity contribution in [2.45, 2.75) is 13.5 Å². The van der Waals surface area contributed by atoms with Gasteiger partial charge in [0.25, 0.3) is 5.91 Å². The highest BCUT2D eigenvalue weighted by atomic mass is 16.5. The van der Waals surface area contributed by atoms with Crippen molar-refractivity contribution in [3.05, 3.63) is 71.3 Å². The van der Waals surface area contributed by atoms with Gasteiger partial charge in [0.05, 0.1) is 6.54 Å². The maximum Gasteiger partial charge on any atom is 0.281 e. The second-order valence-electron chi connectivity index (χ2n) is 4.83. The molecule has 4 heteroatoms. The lowest BCUT2D eigenvalue weighted by atomic mass is 10.1. The summed E-state index contributed by atoms with van der Waals surface area (Å²) in [6.07, 6.45) is 0. The highest BCUT2D eigenvalue weighted by Crippen LogP contribution is 2.15. The Morgan fingerprint density at radius 2 is 2.05 bits per heavy atom. The molecule has 0 fully saturated rings. The first kappa shape index (κ1) is 13.4. The fourth-order valence-corrected chi connectivity index (χ4v) is 2.13. The van der Waals surface area contributed by atoms with Crippen LogP contribution < -0.4 is 0 Å². The minimum absolute atomic E-state index is 0.0172. The number of hydrogen-bond donors (Lipinski definition) is 0. The van der Waals surface area contributed by atoms with Gasteiger partial charge in [-0.05, 0) is 36.2 Å². The van der Waals surface area contributed by atoms with E-state index >= 15 is 0 Å². The van der Waals surface area contributed by atoms with Gasteiger partial charge >= 0.3 is 0 Å². The molecular weight excluding hydrogens is 264 g/mol. The molecule has 0 unspecified atom stereocenters. The van der Waals surface area contributed by atoms with Gasteiger partial charge in [0, 0.05) is 5.56 Å². The van der Waals surface area contributed by atoms with Crippen LogP contribution in [0.25, 0.3) is 0 Å². The van der Waals surface area contributed by atoms with E-state index in [1.807, 2.05) is 55.5 Å². The summed E-state index contributed by atoms with van der Waals surface area (Å²) >= 11 is 0. The van der Waals surface area contributed by atoms with Crippen molar-refractivity contribution in [1.29, 1.82) is 0 Å². The molecule has 4 nitrogen and oxygen atoms in total. The Morgan fingerprint density at radius 1 is 1.24 bits per heavy atom. The Labute approximate surface area is 123 Å². The quantitative estimate of drug-likeness (QED) is 0.866. The zero-order valence-corrected chi connectivity index (χ0v) is 11.7. The van der Waals surface area contributed by atoms with E-state index in [1.54, 1.807) is 0 Å². The van der Waals surface area contributed by atoms with Crippen LogP contribution >= 0.6 is 0 Å². The van der Waals surface area contributed by atoms with Crippen molar-refractivity contribution in [2.24, 2.45) is 5.10 Å². The van der Waals surface area contributed by atoms with Crippen molar-refractivity contribution in [2.75, 3.05) is 6.61 Å². The topological polar surface area (TPSA) is 41.9 Å². The highest BCUT2D eigenvalue weighted by Gasteiger charge is 2.22. The highest BCUT2D eigenvalue weighted by molar-refractivity contribution is 5.97. The normalized spacial score (nSPS) is 14.6. The van der Waals surface area contributed by atoms with E-state index in [4.69, 9.17) is 4.74 Å². The lowest BCUT2D eigenvalue weighted by Gasteiger charge is -2.24. The van der Waals surface area contributed by atoms with E-state index in [0.29, 0.717) is 12.4 Å². The second kappa shape index (κ2) is 5.79. The first-order valence-electron chi connectivity index (χ1n) is 6.77. The molecule has 3 rings (SSSR count). The third-order valence-electron chi connectivity index (χ3n) is 3.35. The van der Waals surface area contributed by atoms with Gasteiger partial charge in [-0.25, -0.2) is 5.01 Å². The zero-order valence-electron chi connectivity index (χ0n) is 11.7. The molecule has 105 valence electrons. The summed E-state index contributed by atoms with van der Waals surface area (Å²) in [6.45, 7) is 2.42. The molecule has 21 heavy (non-hydrogen) atoms. The van der Waals surface area contributed by atoms with Gasteiger partial charge in [-0.15, -0.1) is 5.10 Å². The monoisotopic (exact) mass is 279 g/mol. The predicted molar refractivity (Wildman–Crippen MR) is 79.5 cm³/mol. The number of aryl methyl sites for hydroxylation is 1. The van der Waals surface area contributed by atoms with E-state index < -0.39 is 0 Å². The zero-order chi connectivity index (χ0) is 14.7. The van der Waals surface area contributed by atoms with Crippen molar-refractivity contribution in [3.8, 4) is 0 Å². The molecule has 0 aliphatic carbocycles. The fraction of sp³-hybridized carbons (Fsp3) is 0.176. The number of hydrogen-bond acceptors (Lipinski definition) is 3. The van der Waals surface area contributed by atoms with Gasteiger partial charge in [0.2, 0.25) is 5.90 Å². The number of carbonyl (C=O) groups excluding carboxylic acids is 1. The Balaban J connectivity index is 1.87. The number of nitrogens with zero attached hydrogens (tertiary/aromatic N) is 2. The summed E-state index contributed by atoms with van der Waals surface area (Å²) < 4.78 is 5.43. The molecule has 0 N–H and O–H groups in total. The van der Waals surface area contributed by atoms with Crippen LogP contribution in [0.15, 0.2) is 53.6 Å². The number of amides is 1. The minimum Gasteiger partial charge on any atom is -0.466 e. The summed E-state index contributed by atoms with van der Waals surface area (Å²) in [4.78, 5) is 12.0. The molecule has 1 heterocycles. The number of ether oxygens (including phenoxy) is 1. The van der Waals surface area contributed by atoms with Crippen LogP contribution in [-0.4, -0.2) is 23.4 Å². The summed E-state index contributed by atoms with van der Waals surface area (Å²) in [5, 5.41) is 5.79. The lowest BCUT2D eigenvalue weighted by Crippen LogP contribution is -2.36. The number of carbonyl (C=O) groups is 1. The van der Waals surface area contributed by atoms with Crippen LogP contribution in [0.5, 0.6) is 0 Å². The van der Waals surface area contributed by atoms with Gasteiger partial charge in [0.1, 0.15) is 0 Å². The van der Waals surface area contributed by atoms with Crippen LogP contribution in [0.2, 0.25) is 0 Å². The third-order valence-corrected chi connectivity index (χ3v) is 3.35. The van der Waals surface area contributed by atoms with Gasteiger partial charge < -0.3 is 4.74 Å². The molecule has 0 spiro atoms. The van der Waals surface area contributed by atoms with Crippen LogP contribution in [0.1, 0.15) is 16.7 Å². The molecule has 0 aromatic heterocycles. The van der Waals surface area contributed by atoms with Crippen LogP contribution in [0.3, 0.4) is 0 Å². The fourth-order valence-electron chi connectivity index (χ4n) is 2.13. The maximum absolute atomic E-state index is 12.0. The number of rotatable bonds is 3. The SMILES string of the molecule is Cc1[c]cccc1CN1N=C(c2ccccc2)OCC1=O. The second-order valence-corrected chi connectivity index (χ2v) is 4.83. The summed E-state index contributed by atoms with van der Waals surface area (Å²) in [5.41, 5.74) is 2.92. The van der Waals surface area contributed by atoms with Crippen LogP contribution in [0, 0.1) is 13.0 Å². The Bertz CT molecular complexity index is 680. The molecular formula is C17H15N2O2. The lowest BCUT2D eigenvalue weighted by molar-refractivity contribution is -0.136. The minimum atomic E-state index is -0.141. The van der Waals surface area contributed by atoms with Crippen molar-refractivity contribution in [1.82, 2.24) is 5.01 Å². The first-order valence-corrected chi connectivity index (χ1v) is 6.77. The standard InChI is InChI=1S/C17H15N2O2/c1-13-7-5-6-10-15(13)11-19-16(20)12-21-17(18-19)14-8-3-2-4-9-14/h2-6,8-10H,11-12H2,1H3. The molecule has 1 radical (unpaired) electrons. The van der Waals surface area contributed by atoms with Crippen LogP contribution in [-0.2, 0) is 16.1 Å². The largest absolute Gasteiger partial charge is 0.466 e. The maximum atomic E-state index is 12.0. The molecule has 0 saturated carbocycles. The molecule has 2 aromatic rings. The van der Waals surface area contributed by atoms with Crippen molar-refractivity contribution in [3.63, 3.8) is 0 Å². The molecule has 0 bridgehead atoms. The van der Waals surface area contributed by atoms with E-state index in [2.05, 4.69) is 11.2 Å². The molecule has 1 amide bonds. The average molecular weight is 279 g/mol. The van der Waals surface area contributed by atoms with Gasteiger partial charge in [0.15, 0.2) is 6.61 Å². The molecule has 1 aliphatic heterocycles. The summed E-state index contributed by atoms with van der Waals surface area (Å²) in [7, 11) is 0. The third kappa shape index (κ3) is 2.94. The molecule has 1 aliphatic rings. The molecule has 0 atom stereocenters. The van der Waals surface area contributed by atoms with Gasteiger partial charge in [-0.1, -0.05) is 36.4 Å². The van der Waals surface area contributed by atoms with E-state index in [-0.39, 0.29) is 12.5 Å². The van der Waals surface area contributed by atoms with Crippen LogP contribution in [0.4, 0.5) is 0 Å². The Morgan fingerprint density at radius 3 is 2.81 bits per heavy atom. The van der Waals surface area contributed by atoms with E-state index in [0.717, 1.165) is 16.7 Å². The Hall–Kier alpha value is -2.62. The van der Waals surface area contributed by atoms with Crippen molar-refractivity contribution >= 4 is 11.8 Å². The van der Waals surface area contributed by atoms with Gasteiger partial charge in [-0.2, -0.15) is 0 Å². The Kier molecular flexibility index (Phi) is 3.69. The smallest absolute Gasteiger partial charge is 0.281 e. The first-order chi connectivity index (χ1) is 10.2. The predicted octanol–water partition coefficient (Wildman–Crippen LogP) is 2.52. The number of hydrazone groups is 1. The van der Waals surface area contributed by atoms with Gasteiger partial charge in [-0.3, -0.25) is 4.79 Å². The average Bonchev–Trinajstić information content (AvgIpc) is 2.52. The van der Waals surface area contributed by atoms with Crippen molar-refractivity contribution < 1.29 is 9.53 Å². The molecule has 2 aromatic carbocycles. The molecule has 0 saturated heterocycles. The summed E-state index contributed by atoms with van der Waals surface area (Å²) in [6, 6.07) is 18.5.